The summed E-state index contributed by atoms with van der Waals surface area (Å²) in [4.78, 5) is 28.1. The van der Waals surface area contributed by atoms with Gasteiger partial charge in [-0.15, -0.1) is 12.4 Å². The van der Waals surface area contributed by atoms with Crippen LogP contribution in [0, 0.1) is 5.92 Å². The van der Waals surface area contributed by atoms with Gasteiger partial charge in [-0.1, -0.05) is 12.1 Å². The first-order valence-corrected chi connectivity index (χ1v) is 9.62. The number of piperidine rings is 1. The van der Waals surface area contributed by atoms with E-state index in [0.29, 0.717) is 6.04 Å². The van der Waals surface area contributed by atoms with Crippen LogP contribution in [-0.4, -0.2) is 60.4 Å². The molecule has 1 aromatic rings. The van der Waals surface area contributed by atoms with Crippen molar-refractivity contribution >= 4 is 29.9 Å². The fourth-order valence-corrected chi connectivity index (χ4v) is 3.79. The number of rotatable bonds is 4. The van der Waals surface area contributed by atoms with E-state index in [4.69, 9.17) is 0 Å². The van der Waals surface area contributed by atoms with Crippen LogP contribution >= 0.6 is 12.4 Å². The molecule has 0 aromatic heterocycles. The van der Waals surface area contributed by atoms with Crippen LogP contribution in [0.3, 0.4) is 0 Å². The number of hydrogen-bond donors (Lipinski definition) is 2. The number of benzene rings is 1. The molecule has 0 spiro atoms. The number of carbonyl (C=O) groups excluding carboxylic acids is 2. The van der Waals surface area contributed by atoms with Gasteiger partial charge in [0.05, 0.1) is 0 Å². The van der Waals surface area contributed by atoms with Crippen molar-refractivity contribution in [3.63, 3.8) is 0 Å². The van der Waals surface area contributed by atoms with Gasteiger partial charge in [0, 0.05) is 57.3 Å². The molecule has 6 nitrogen and oxygen atoms in total. The molecule has 7 heteroatoms. The largest absolute Gasteiger partial charge is 0.340 e. The second-order valence-corrected chi connectivity index (χ2v) is 7.54. The highest BCUT2D eigenvalue weighted by Gasteiger charge is 2.24. The minimum atomic E-state index is 0. The molecule has 2 atom stereocenters. The summed E-state index contributed by atoms with van der Waals surface area (Å²) in [6.45, 7) is 8.98. The summed E-state index contributed by atoms with van der Waals surface area (Å²) in [5.41, 5.74) is 2.10. The van der Waals surface area contributed by atoms with Gasteiger partial charge in [-0.3, -0.25) is 14.5 Å². The highest BCUT2D eigenvalue weighted by molar-refractivity contribution is 5.92. The minimum Gasteiger partial charge on any atom is -0.340 e. The average molecular weight is 395 g/mol. The number of anilines is 1. The van der Waals surface area contributed by atoms with Crippen LogP contribution in [0.1, 0.15) is 32.3 Å². The summed E-state index contributed by atoms with van der Waals surface area (Å²) in [6, 6.07) is 8.55. The molecule has 0 saturated carbocycles. The van der Waals surface area contributed by atoms with E-state index in [9.17, 15) is 9.59 Å². The maximum atomic E-state index is 12.4. The molecule has 0 bridgehead atoms. The van der Waals surface area contributed by atoms with Gasteiger partial charge in [-0.25, -0.2) is 0 Å². The van der Waals surface area contributed by atoms with E-state index in [1.165, 1.54) is 5.56 Å². The zero-order valence-electron chi connectivity index (χ0n) is 16.2. The molecule has 2 N–H and O–H groups in total. The number of nitrogens with one attached hydrogen (secondary N) is 2. The van der Waals surface area contributed by atoms with E-state index < -0.39 is 0 Å². The van der Waals surface area contributed by atoms with Crippen molar-refractivity contribution in [3.8, 4) is 0 Å². The molecule has 2 aliphatic heterocycles. The lowest BCUT2D eigenvalue weighted by Gasteiger charge is -2.34. The molecule has 0 radical (unpaired) electrons. The Kier molecular flexibility index (Phi) is 8.07. The lowest BCUT2D eigenvalue weighted by Crippen LogP contribution is -2.47. The molecule has 2 amide bonds. The summed E-state index contributed by atoms with van der Waals surface area (Å²) in [5, 5.41) is 6.44. The van der Waals surface area contributed by atoms with Gasteiger partial charge in [0.1, 0.15) is 0 Å². The predicted octanol–water partition coefficient (Wildman–Crippen LogP) is 2.10. The maximum absolute atomic E-state index is 12.4. The highest BCUT2D eigenvalue weighted by atomic mass is 35.5. The minimum absolute atomic E-state index is 0. The van der Waals surface area contributed by atoms with Crippen LogP contribution in [0.2, 0.25) is 0 Å². The van der Waals surface area contributed by atoms with Gasteiger partial charge in [0.15, 0.2) is 0 Å². The van der Waals surface area contributed by atoms with Crippen molar-refractivity contribution in [1.82, 2.24) is 15.1 Å². The van der Waals surface area contributed by atoms with Crippen molar-refractivity contribution in [3.05, 3.63) is 29.8 Å². The Morgan fingerprint density at radius 2 is 1.81 bits per heavy atom. The van der Waals surface area contributed by atoms with E-state index in [1.54, 1.807) is 6.92 Å². The molecule has 150 valence electrons. The first-order chi connectivity index (χ1) is 12.5. The fourth-order valence-electron chi connectivity index (χ4n) is 3.79. The Bertz CT molecular complexity index is 629. The van der Waals surface area contributed by atoms with E-state index in [1.807, 2.05) is 17.0 Å². The average Bonchev–Trinajstić information content (AvgIpc) is 2.64. The van der Waals surface area contributed by atoms with Crippen molar-refractivity contribution in [2.24, 2.45) is 5.92 Å². The van der Waals surface area contributed by atoms with E-state index in [2.05, 4.69) is 34.6 Å². The first kappa shape index (κ1) is 21.7. The third kappa shape index (κ3) is 6.19. The van der Waals surface area contributed by atoms with Gasteiger partial charge in [-0.2, -0.15) is 0 Å². The van der Waals surface area contributed by atoms with Gasteiger partial charge in [0.2, 0.25) is 11.8 Å². The quantitative estimate of drug-likeness (QED) is 0.820. The highest BCUT2D eigenvalue weighted by Crippen LogP contribution is 2.19. The van der Waals surface area contributed by atoms with Crippen LogP contribution in [0.25, 0.3) is 0 Å². The smallest absolute Gasteiger partial charge is 0.227 e. The Hall–Kier alpha value is -1.63. The molecule has 2 aliphatic rings. The molecular formula is C20H31ClN4O2. The Morgan fingerprint density at radius 1 is 1.15 bits per heavy atom. The lowest BCUT2D eigenvalue weighted by atomic mass is 9.92. The number of nitrogens with zero attached hydrogens (tertiary/aromatic N) is 2. The molecule has 1 aromatic carbocycles. The summed E-state index contributed by atoms with van der Waals surface area (Å²) in [6.07, 6.45) is 1.80. The van der Waals surface area contributed by atoms with Crippen molar-refractivity contribution in [1.29, 1.82) is 0 Å². The van der Waals surface area contributed by atoms with Crippen LogP contribution in [0.4, 0.5) is 5.69 Å². The van der Waals surface area contributed by atoms with Crippen LogP contribution in [0.5, 0.6) is 0 Å². The van der Waals surface area contributed by atoms with Crippen LogP contribution < -0.4 is 10.6 Å². The van der Waals surface area contributed by atoms with Crippen molar-refractivity contribution in [2.45, 2.75) is 39.3 Å². The fraction of sp³-hybridized carbons (Fsp3) is 0.600. The van der Waals surface area contributed by atoms with Gasteiger partial charge in [0.25, 0.3) is 0 Å². The molecule has 27 heavy (non-hydrogen) atoms. The molecule has 0 aliphatic carbocycles. The molecule has 2 saturated heterocycles. The Morgan fingerprint density at radius 3 is 2.41 bits per heavy atom. The number of halogens is 1. The summed E-state index contributed by atoms with van der Waals surface area (Å²) < 4.78 is 0. The standard InChI is InChI=1S/C20H30N4O2.ClH/c1-15-13-18(7-8-21-15)20(26)22-19-5-3-17(4-6-19)14-23-9-11-24(12-10-23)16(2)25;/h3-6,15,18,21H,7-14H2,1-2H3,(H,22,26);1H/t15-,18-;/m0./s1. The van der Waals surface area contributed by atoms with E-state index >= 15 is 0 Å². The molecule has 2 heterocycles. The summed E-state index contributed by atoms with van der Waals surface area (Å²) >= 11 is 0. The molecule has 2 fully saturated rings. The summed E-state index contributed by atoms with van der Waals surface area (Å²) in [7, 11) is 0. The normalized spacial score (nSPS) is 23.4. The molecule has 3 rings (SSSR count). The topological polar surface area (TPSA) is 64.7 Å². The zero-order valence-corrected chi connectivity index (χ0v) is 17.1. The van der Waals surface area contributed by atoms with Gasteiger partial charge in [-0.05, 0) is 44.0 Å². The Labute approximate surface area is 168 Å². The van der Waals surface area contributed by atoms with Crippen molar-refractivity contribution < 1.29 is 9.59 Å². The number of carbonyl (C=O) groups is 2. The van der Waals surface area contributed by atoms with Gasteiger partial charge < -0.3 is 15.5 Å². The first-order valence-electron chi connectivity index (χ1n) is 9.62. The van der Waals surface area contributed by atoms with Crippen LogP contribution in [-0.2, 0) is 16.1 Å². The maximum Gasteiger partial charge on any atom is 0.227 e. The van der Waals surface area contributed by atoms with E-state index in [-0.39, 0.29) is 30.1 Å². The second-order valence-electron chi connectivity index (χ2n) is 7.54. The number of hydrogen-bond acceptors (Lipinski definition) is 4. The van der Waals surface area contributed by atoms with Crippen molar-refractivity contribution in [2.75, 3.05) is 38.0 Å². The number of amides is 2. The molecular weight excluding hydrogens is 364 g/mol. The SMILES string of the molecule is CC(=O)N1CCN(Cc2ccc(NC(=O)[C@H]3CCN[C@@H](C)C3)cc2)CC1.Cl. The second kappa shape index (κ2) is 10.1. The van der Waals surface area contributed by atoms with Crippen LogP contribution in [0.15, 0.2) is 24.3 Å². The lowest BCUT2D eigenvalue weighted by molar-refractivity contribution is -0.130. The Balaban J connectivity index is 0.00000261. The van der Waals surface area contributed by atoms with Gasteiger partial charge >= 0.3 is 0 Å². The third-order valence-electron chi connectivity index (χ3n) is 5.44. The zero-order chi connectivity index (χ0) is 18.5. The predicted molar refractivity (Wildman–Crippen MR) is 110 cm³/mol. The number of piperazine rings is 1. The third-order valence-corrected chi connectivity index (χ3v) is 5.44. The monoisotopic (exact) mass is 394 g/mol. The van der Waals surface area contributed by atoms with E-state index in [0.717, 1.165) is 57.8 Å². The summed E-state index contributed by atoms with van der Waals surface area (Å²) in [5.74, 6) is 0.392. The molecule has 0 unspecified atom stereocenters.